The highest BCUT2D eigenvalue weighted by Crippen LogP contribution is 2.20. The van der Waals surface area contributed by atoms with Crippen LogP contribution < -0.4 is 5.32 Å². The predicted octanol–water partition coefficient (Wildman–Crippen LogP) is 3.50. The van der Waals surface area contributed by atoms with Gasteiger partial charge >= 0.3 is 0 Å². The van der Waals surface area contributed by atoms with E-state index in [4.69, 9.17) is 11.6 Å². The minimum Gasteiger partial charge on any atom is -0.388 e. The molecule has 0 radical (unpaired) electrons. The molecular formula is C17H18ClNO2. The van der Waals surface area contributed by atoms with E-state index in [9.17, 15) is 9.90 Å². The molecule has 110 valence electrons. The van der Waals surface area contributed by atoms with Crippen LogP contribution in [0.2, 0.25) is 5.02 Å². The number of hydrogen-bond acceptors (Lipinski definition) is 2. The zero-order chi connectivity index (χ0) is 15.2. The van der Waals surface area contributed by atoms with Gasteiger partial charge in [-0.3, -0.25) is 4.79 Å². The largest absolute Gasteiger partial charge is 0.388 e. The summed E-state index contributed by atoms with van der Waals surface area (Å²) >= 11 is 6.12. The zero-order valence-corrected chi connectivity index (χ0v) is 12.6. The third-order valence-corrected chi connectivity index (χ3v) is 3.83. The van der Waals surface area contributed by atoms with E-state index in [0.717, 1.165) is 11.1 Å². The van der Waals surface area contributed by atoms with Gasteiger partial charge in [0.1, 0.15) is 0 Å². The first-order valence-corrected chi connectivity index (χ1v) is 7.23. The van der Waals surface area contributed by atoms with Crippen LogP contribution in [0.1, 0.15) is 34.0 Å². The summed E-state index contributed by atoms with van der Waals surface area (Å²) in [4.78, 5) is 12.1. The lowest BCUT2D eigenvalue weighted by atomic mass is 10.1. The van der Waals surface area contributed by atoms with Crippen molar-refractivity contribution in [3.8, 4) is 0 Å². The zero-order valence-electron chi connectivity index (χ0n) is 11.8. The Hall–Kier alpha value is -1.84. The summed E-state index contributed by atoms with van der Waals surface area (Å²) in [5.41, 5.74) is 2.18. The molecule has 0 spiro atoms. The van der Waals surface area contributed by atoms with Crippen molar-refractivity contribution in [3.05, 3.63) is 70.2 Å². The molecule has 0 saturated heterocycles. The SMILES string of the molecule is Cc1cccc(C(=O)NCCC(O)c2ccccc2)c1Cl. The van der Waals surface area contributed by atoms with Crippen LogP contribution in [0, 0.1) is 6.92 Å². The topological polar surface area (TPSA) is 49.3 Å². The highest BCUT2D eigenvalue weighted by atomic mass is 35.5. The van der Waals surface area contributed by atoms with Gasteiger partial charge in [0.05, 0.1) is 16.7 Å². The van der Waals surface area contributed by atoms with Crippen molar-refractivity contribution in [1.82, 2.24) is 5.32 Å². The van der Waals surface area contributed by atoms with Gasteiger partial charge < -0.3 is 10.4 Å². The van der Waals surface area contributed by atoms with Crippen LogP contribution in [0.3, 0.4) is 0 Å². The second kappa shape index (κ2) is 7.25. The van der Waals surface area contributed by atoms with E-state index in [2.05, 4.69) is 5.32 Å². The summed E-state index contributed by atoms with van der Waals surface area (Å²) in [5, 5.41) is 13.3. The smallest absolute Gasteiger partial charge is 0.252 e. The maximum absolute atomic E-state index is 12.1. The average molecular weight is 304 g/mol. The van der Waals surface area contributed by atoms with Crippen LogP contribution in [-0.2, 0) is 0 Å². The van der Waals surface area contributed by atoms with E-state index < -0.39 is 6.10 Å². The van der Waals surface area contributed by atoms with E-state index in [1.54, 1.807) is 12.1 Å². The molecule has 21 heavy (non-hydrogen) atoms. The fraction of sp³-hybridized carbons (Fsp3) is 0.235. The molecular weight excluding hydrogens is 286 g/mol. The summed E-state index contributed by atoms with van der Waals surface area (Å²) < 4.78 is 0. The Kier molecular flexibility index (Phi) is 5.37. The fourth-order valence-electron chi connectivity index (χ4n) is 2.08. The molecule has 2 aromatic carbocycles. The Morgan fingerprint density at radius 3 is 2.62 bits per heavy atom. The molecule has 2 N–H and O–H groups in total. The Labute approximate surface area is 129 Å². The molecule has 3 nitrogen and oxygen atoms in total. The quantitative estimate of drug-likeness (QED) is 0.888. The van der Waals surface area contributed by atoms with Gasteiger partial charge in [-0.25, -0.2) is 0 Å². The van der Waals surface area contributed by atoms with Crippen molar-refractivity contribution < 1.29 is 9.90 Å². The van der Waals surface area contributed by atoms with Crippen LogP contribution >= 0.6 is 11.6 Å². The molecule has 0 aromatic heterocycles. The highest BCUT2D eigenvalue weighted by molar-refractivity contribution is 6.34. The third-order valence-electron chi connectivity index (χ3n) is 3.32. The van der Waals surface area contributed by atoms with E-state index in [-0.39, 0.29) is 5.91 Å². The number of benzene rings is 2. The number of aliphatic hydroxyl groups is 1. The number of rotatable bonds is 5. The molecule has 1 unspecified atom stereocenters. The third kappa shape index (κ3) is 4.06. The van der Waals surface area contributed by atoms with Gasteiger partial charge in [-0.2, -0.15) is 0 Å². The van der Waals surface area contributed by atoms with Crippen molar-refractivity contribution in [2.75, 3.05) is 6.54 Å². The molecule has 4 heteroatoms. The minimum absolute atomic E-state index is 0.219. The molecule has 0 fully saturated rings. The molecule has 2 rings (SSSR count). The maximum Gasteiger partial charge on any atom is 0.252 e. The van der Waals surface area contributed by atoms with Gasteiger partial charge in [-0.15, -0.1) is 0 Å². The number of aryl methyl sites for hydroxylation is 1. The number of halogens is 1. The second-order valence-corrected chi connectivity index (χ2v) is 5.29. The fourth-order valence-corrected chi connectivity index (χ4v) is 2.29. The summed E-state index contributed by atoms with van der Waals surface area (Å²) in [6.45, 7) is 2.25. The predicted molar refractivity (Wildman–Crippen MR) is 84.5 cm³/mol. The van der Waals surface area contributed by atoms with Crippen molar-refractivity contribution >= 4 is 17.5 Å². The molecule has 0 saturated carbocycles. The maximum atomic E-state index is 12.1. The van der Waals surface area contributed by atoms with Crippen LogP contribution in [-0.4, -0.2) is 17.6 Å². The summed E-state index contributed by atoms with van der Waals surface area (Å²) in [5.74, 6) is -0.219. The molecule has 0 aliphatic rings. The Morgan fingerprint density at radius 1 is 1.19 bits per heavy atom. The van der Waals surface area contributed by atoms with Gasteiger partial charge in [0, 0.05) is 6.54 Å². The molecule has 2 aromatic rings. The molecule has 0 heterocycles. The monoisotopic (exact) mass is 303 g/mol. The number of nitrogens with one attached hydrogen (secondary N) is 1. The first kappa shape index (κ1) is 15.5. The molecule has 0 bridgehead atoms. The number of carbonyl (C=O) groups is 1. The number of amides is 1. The van der Waals surface area contributed by atoms with Crippen molar-refractivity contribution in [1.29, 1.82) is 0 Å². The van der Waals surface area contributed by atoms with Gasteiger partial charge in [0.15, 0.2) is 0 Å². The van der Waals surface area contributed by atoms with Crippen molar-refractivity contribution in [2.24, 2.45) is 0 Å². The van der Waals surface area contributed by atoms with Crippen molar-refractivity contribution in [3.63, 3.8) is 0 Å². The van der Waals surface area contributed by atoms with Gasteiger partial charge in [-0.05, 0) is 30.5 Å². The van der Waals surface area contributed by atoms with E-state index in [1.165, 1.54) is 0 Å². The minimum atomic E-state index is -0.584. The molecule has 1 atom stereocenters. The Morgan fingerprint density at radius 2 is 1.90 bits per heavy atom. The lowest BCUT2D eigenvalue weighted by molar-refractivity contribution is 0.0942. The molecule has 0 aliphatic carbocycles. The lowest BCUT2D eigenvalue weighted by Gasteiger charge is -2.12. The van der Waals surface area contributed by atoms with Gasteiger partial charge in [0.25, 0.3) is 5.91 Å². The first-order chi connectivity index (χ1) is 10.1. The van der Waals surface area contributed by atoms with E-state index in [0.29, 0.717) is 23.6 Å². The van der Waals surface area contributed by atoms with Crippen LogP contribution in [0.4, 0.5) is 0 Å². The summed E-state index contributed by atoms with van der Waals surface area (Å²) in [6.07, 6.45) is -0.126. The second-order valence-electron chi connectivity index (χ2n) is 4.91. The summed E-state index contributed by atoms with van der Waals surface area (Å²) in [6, 6.07) is 14.7. The van der Waals surface area contributed by atoms with Gasteiger partial charge in [-0.1, -0.05) is 54.1 Å². The van der Waals surface area contributed by atoms with Crippen molar-refractivity contribution in [2.45, 2.75) is 19.4 Å². The van der Waals surface area contributed by atoms with E-state index in [1.807, 2.05) is 43.3 Å². The lowest BCUT2D eigenvalue weighted by Crippen LogP contribution is -2.26. The molecule has 0 aliphatic heterocycles. The summed E-state index contributed by atoms with van der Waals surface area (Å²) in [7, 11) is 0. The average Bonchev–Trinajstić information content (AvgIpc) is 2.50. The van der Waals surface area contributed by atoms with Gasteiger partial charge in [0.2, 0.25) is 0 Å². The number of carbonyl (C=O) groups excluding carboxylic acids is 1. The standard InChI is InChI=1S/C17H18ClNO2/c1-12-6-5-9-14(16(12)18)17(21)19-11-10-15(20)13-7-3-2-4-8-13/h2-9,15,20H,10-11H2,1H3,(H,19,21). The first-order valence-electron chi connectivity index (χ1n) is 6.86. The number of hydrogen-bond donors (Lipinski definition) is 2. The Bertz CT molecular complexity index is 613. The van der Waals surface area contributed by atoms with Crippen LogP contribution in [0.5, 0.6) is 0 Å². The van der Waals surface area contributed by atoms with E-state index >= 15 is 0 Å². The van der Waals surface area contributed by atoms with Crippen LogP contribution in [0.15, 0.2) is 48.5 Å². The highest BCUT2D eigenvalue weighted by Gasteiger charge is 2.12. The molecule has 1 amide bonds. The number of aliphatic hydroxyl groups excluding tert-OH is 1. The van der Waals surface area contributed by atoms with Crippen LogP contribution in [0.25, 0.3) is 0 Å². The normalized spacial score (nSPS) is 12.0. The Balaban J connectivity index is 1.89.